The van der Waals surface area contributed by atoms with Crippen LogP contribution in [-0.4, -0.2) is 26.6 Å². The van der Waals surface area contributed by atoms with Gasteiger partial charge in [0.05, 0.1) is 0 Å². The molecule has 0 fully saturated rings. The van der Waals surface area contributed by atoms with Crippen LogP contribution in [-0.2, 0) is 4.74 Å². The van der Waals surface area contributed by atoms with Crippen molar-refractivity contribution in [3.8, 4) is 0 Å². The van der Waals surface area contributed by atoms with Gasteiger partial charge in [0.1, 0.15) is 0 Å². The number of nitrogens with one attached hydrogen (secondary N) is 1. The summed E-state index contributed by atoms with van der Waals surface area (Å²) >= 11 is 0. The number of ether oxygens (including phenoxy) is 1. The largest absolute Gasteiger partial charge is 0.428 e. The molecule has 0 rings (SSSR count). The fourth-order valence-corrected chi connectivity index (χ4v) is 0.415. The van der Waals surface area contributed by atoms with Crippen molar-refractivity contribution in [3.63, 3.8) is 0 Å². The highest BCUT2D eigenvalue weighted by atomic mass is 19.4. The van der Waals surface area contributed by atoms with Crippen molar-refractivity contribution in [1.82, 2.24) is 5.32 Å². The smallest absolute Gasteiger partial charge is 0.358 e. The van der Waals surface area contributed by atoms with Gasteiger partial charge in [-0.05, 0) is 7.05 Å². The van der Waals surface area contributed by atoms with E-state index >= 15 is 0 Å². The second-order valence-electron chi connectivity index (χ2n) is 1.45. The Kier molecular flexibility index (Phi) is 2.93. The quantitative estimate of drug-likeness (QED) is 0.575. The number of halogens is 3. The predicted octanol–water partition coefficient (Wildman–Crippen LogP) is 0.741. The lowest BCUT2D eigenvalue weighted by atomic mass is 10.5. The molecule has 1 N–H and O–H groups in total. The van der Waals surface area contributed by atoms with Crippen LogP contribution in [0.25, 0.3) is 0 Å². The van der Waals surface area contributed by atoms with Crippen molar-refractivity contribution < 1.29 is 17.9 Å². The van der Waals surface area contributed by atoms with Crippen molar-refractivity contribution in [3.05, 3.63) is 0 Å². The molecule has 9 heavy (non-hydrogen) atoms. The summed E-state index contributed by atoms with van der Waals surface area (Å²) in [6.45, 7) is 0. The molecule has 0 saturated heterocycles. The second kappa shape index (κ2) is 3.03. The number of hydrogen-bond donors (Lipinski definition) is 1. The van der Waals surface area contributed by atoms with Crippen molar-refractivity contribution in [2.24, 2.45) is 0 Å². The number of alkyl halides is 3. The lowest BCUT2D eigenvalue weighted by Crippen LogP contribution is -2.41. The Labute approximate surface area is 51.0 Å². The first-order valence-electron chi connectivity index (χ1n) is 2.29. The molecule has 0 aliphatic carbocycles. The molecule has 1 unspecified atom stereocenters. The SMILES string of the molecule is CNC(OC)C(F)(F)F. The van der Waals surface area contributed by atoms with Crippen LogP contribution in [0, 0.1) is 0 Å². The maximum atomic E-state index is 11.5. The maximum Gasteiger partial charge on any atom is 0.428 e. The van der Waals surface area contributed by atoms with Crippen LogP contribution in [0.5, 0.6) is 0 Å². The van der Waals surface area contributed by atoms with Gasteiger partial charge in [-0.25, -0.2) is 0 Å². The molecule has 5 heteroatoms. The van der Waals surface area contributed by atoms with E-state index in [1.165, 1.54) is 7.05 Å². The van der Waals surface area contributed by atoms with Crippen LogP contribution in [0.4, 0.5) is 13.2 Å². The summed E-state index contributed by atoms with van der Waals surface area (Å²) in [5.74, 6) is 0. The molecular formula is C4H8F3NO. The molecule has 1 atom stereocenters. The molecular weight excluding hydrogens is 135 g/mol. The van der Waals surface area contributed by atoms with E-state index in [1.54, 1.807) is 0 Å². The fraction of sp³-hybridized carbons (Fsp3) is 1.00. The highest BCUT2D eigenvalue weighted by Crippen LogP contribution is 2.19. The molecule has 0 aromatic heterocycles. The normalized spacial score (nSPS) is 15.7. The lowest BCUT2D eigenvalue weighted by molar-refractivity contribution is -0.220. The first kappa shape index (κ1) is 8.71. The molecule has 0 spiro atoms. The zero-order valence-corrected chi connectivity index (χ0v) is 5.12. The van der Waals surface area contributed by atoms with E-state index in [4.69, 9.17) is 0 Å². The van der Waals surface area contributed by atoms with Gasteiger partial charge in [0.15, 0.2) is 0 Å². The van der Waals surface area contributed by atoms with Gasteiger partial charge in [-0.15, -0.1) is 0 Å². The van der Waals surface area contributed by atoms with Gasteiger partial charge in [0.25, 0.3) is 0 Å². The third kappa shape index (κ3) is 2.67. The van der Waals surface area contributed by atoms with Crippen LogP contribution >= 0.6 is 0 Å². The first-order valence-corrected chi connectivity index (χ1v) is 2.29. The predicted molar refractivity (Wildman–Crippen MR) is 25.9 cm³/mol. The number of rotatable bonds is 2. The van der Waals surface area contributed by atoms with Crippen molar-refractivity contribution in [2.45, 2.75) is 12.4 Å². The van der Waals surface area contributed by atoms with Crippen LogP contribution in [0.3, 0.4) is 0 Å². The summed E-state index contributed by atoms with van der Waals surface area (Å²) < 4.78 is 38.6. The fourth-order valence-electron chi connectivity index (χ4n) is 0.415. The molecule has 56 valence electrons. The summed E-state index contributed by atoms with van der Waals surface area (Å²) in [6, 6.07) is 0. The van der Waals surface area contributed by atoms with E-state index in [1.807, 2.05) is 5.32 Å². The standard InChI is InChI=1S/C4H8F3NO/c1-8-3(9-2)4(5,6)7/h3,8H,1-2H3. The molecule has 0 heterocycles. The maximum absolute atomic E-state index is 11.5. The highest BCUT2D eigenvalue weighted by molar-refractivity contribution is 4.60. The van der Waals surface area contributed by atoms with E-state index in [9.17, 15) is 13.2 Å². The molecule has 0 aliphatic heterocycles. The van der Waals surface area contributed by atoms with Crippen molar-refractivity contribution >= 4 is 0 Å². The van der Waals surface area contributed by atoms with Crippen molar-refractivity contribution in [2.75, 3.05) is 14.2 Å². The molecule has 0 saturated carbocycles. The summed E-state index contributed by atoms with van der Waals surface area (Å²) in [6.07, 6.45) is -6.17. The zero-order valence-electron chi connectivity index (χ0n) is 5.12. The van der Waals surface area contributed by atoms with Crippen LogP contribution in [0.2, 0.25) is 0 Å². The van der Waals surface area contributed by atoms with Crippen LogP contribution < -0.4 is 5.32 Å². The zero-order chi connectivity index (χ0) is 7.49. The highest BCUT2D eigenvalue weighted by Gasteiger charge is 2.38. The van der Waals surface area contributed by atoms with Gasteiger partial charge in [-0.2, -0.15) is 13.2 Å². The lowest BCUT2D eigenvalue weighted by Gasteiger charge is -2.16. The van der Waals surface area contributed by atoms with Gasteiger partial charge in [-0.3, -0.25) is 5.32 Å². The van der Waals surface area contributed by atoms with E-state index in [0.29, 0.717) is 0 Å². The van der Waals surface area contributed by atoms with E-state index in [0.717, 1.165) is 7.11 Å². The molecule has 0 bridgehead atoms. The molecule has 0 aromatic carbocycles. The minimum absolute atomic E-state index is 0.995. The van der Waals surface area contributed by atoms with Gasteiger partial charge < -0.3 is 4.74 Å². The summed E-state index contributed by atoms with van der Waals surface area (Å²) in [5.41, 5.74) is 0. The average molecular weight is 143 g/mol. The molecule has 0 radical (unpaired) electrons. The van der Waals surface area contributed by atoms with Gasteiger partial charge in [0, 0.05) is 7.11 Å². The van der Waals surface area contributed by atoms with E-state index in [2.05, 4.69) is 4.74 Å². The Morgan fingerprint density at radius 2 is 1.89 bits per heavy atom. The Balaban J connectivity index is 3.79. The van der Waals surface area contributed by atoms with Gasteiger partial charge in [-0.1, -0.05) is 0 Å². The second-order valence-corrected chi connectivity index (χ2v) is 1.45. The van der Waals surface area contributed by atoms with E-state index in [-0.39, 0.29) is 0 Å². The Morgan fingerprint density at radius 3 is 1.89 bits per heavy atom. The van der Waals surface area contributed by atoms with E-state index < -0.39 is 12.4 Å². The summed E-state index contributed by atoms with van der Waals surface area (Å²) in [4.78, 5) is 0. The minimum atomic E-state index is -4.32. The first-order chi connectivity index (χ1) is 4.02. The van der Waals surface area contributed by atoms with Crippen LogP contribution in [0.1, 0.15) is 0 Å². The van der Waals surface area contributed by atoms with Gasteiger partial charge in [0.2, 0.25) is 6.23 Å². The molecule has 0 aromatic rings. The Bertz CT molecular complexity index is 78.4. The Hall–Kier alpha value is -0.290. The average Bonchev–Trinajstić information content (AvgIpc) is 1.65. The summed E-state index contributed by atoms with van der Waals surface area (Å²) in [7, 11) is 2.18. The minimum Gasteiger partial charge on any atom is -0.358 e. The molecule has 0 amide bonds. The summed E-state index contributed by atoms with van der Waals surface area (Å²) in [5, 5.41) is 1.94. The Morgan fingerprint density at radius 1 is 1.44 bits per heavy atom. The van der Waals surface area contributed by atoms with Gasteiger partial charge >= 0.3 is 6.18 Å². The topological polar surface area (TPSA) is 21.3 Å². The van der Waals surface area contributed by atoms with Crippen molar-refractivity contribution in [1.29, 1.82) is 0 Å². The molecule has 2 nitrogen and oxygen atoms in total. The van der Waals surface area contributed by atoms with Crippen LogP contribution in [0.15, 0.2) is 0 Å². The molecule has 0 aliphatic rings. The third-order valence-corrected chi connectivity index (χ3v) is 0.795. The number of hydrogen-bond acceptors (Lipinski definition) is 2. The third-order valence-electron chi connectivity index (χ3n) is 0.795. The number of methoxy groups -OCH3 is 1. The monoisotopic (exact) mass is 143 g/mol.